The second kappa shape index (κ2) is 6.01. The minimum Gasteiger partial charge on any atom is -0.454 e. The number of benzene rings is 1. The van der Waals surface area contributed by atoms with Gasteiger partial charge in [-0.2, -0.15) is 0 Å². The molecule has 0 amide bonds. The van der Waals surface area contributed by atoms with E-state index in [1.165, 1.54) is 5.56 Å². The number of hydrogen-bond donors (Lipinski definition) is 1. The molecule has 2 atom stereocenters. The van der Waals surface area contributed by atoms with Gasteiger partial charge in [-0.05, 0) is 44.9 Å². The topological polar surface area (TPSA) is 56.5 Å². The maximum Gasteiger partial charge on any atom is 0.231 e. The van der Waals surface area contributed by atoms with Gasteiger partial charge in [0.15, 0.2) is 11.5 Å². The van der Waals surface area contributed by atoms with Crippen molar-refractivity contribution in [2.45, 2.75) is 46.2 Å². The van der Waals surface area contributed by atoms with Crippen LogP contribution in [0.2, 0.25) is 0 Å². The molecule has 2 aromatic rings. The molecule has 0 spiro atoms. The summed E-state index contributed by atoms with van der Waals surface area (Å²) in [7, 11) is 0. The molecule has 1 aromatic carbocycles. The van der Waals surface area contributed by atoms with Gasteiger partial charge in [-0.1, -0.05) is 18.1 Å². The number of hydrogen-bond acceptors (Lipinski definition) is 5. The summed E-state index contributed by atoms with van der Waals surface area (Å²) < 4.78 is 16.1. The summed E-state index contributed by atoms with van der Waals surface area (Å²) in [4.78, 5) is 0. The summed E-state index contributed by atoms with van der Waals surface area (Å²) in [5, 5.41) is 7.72. The van der Waals surface area contributed by atoms with Crippen LogP contribution in [-0.4, -0.2) is 11.9 Å². The van der Waals surface area contributed by atoms with Gasteiger partial charge in [0.25, 0.3) is 0 Å². The average Bonchev–Trinajstić information content (AvgIpc) is 3.11. The van der Waals surface area contributed by atoms with Crippen LogP contribution in [0, 0.1) is 13.8 Å². The summed E-state index contributed by atoms with van der Waals surface area (Å²) >= 11 is 0. The molecule has 0 saturated heterocycles. The predicted molar refractivity (Wildman–Crippen MR) is 83.1 cm³/mol. The summed E-state index contributed by atoms with van der Waals surface area (Å²) in [6.45, 7) is 8.57. The second-order valence-corrected chi connectivity index (χ2v) is 5.70. The molecule has 2 heterocycles. The second-order valence-electron chi connectivity index (χ2n) is 5.70. The molecule has 5 heteroatoms. The average molecular weight is 302 g/mol. The smallest absolute Gasteiger partial charge is 0.231 e. The van der Waals surface area contributed by atoms with Crippen molar-refractivity contribution in [1.29, 1.82) is 0 Å². The standard InChI is InChI=1S/C17H22N2O3/c1-5-14(17-11(3)19-22-12(17)4)18-10(2)13-6-7-15-16(8-13)21-9-20-15/h6-8,10,14,18H,5,9H2,1-4H3/t10-,14+/m1/s1. The van der Waals surface area contributed by atoms with Gasteiger partial charge in [0.05, 0.1) is 5.69 Å². The highest BCUT2D eigenvalue weighted by Crippen LogP contribution is 2.35. The highest BCUT2D eigenvalue weighted by molar-refractivity contribution is 5.45. The first-order chi connectivity index (χ1) is 10.6. The Labute approximate surface area is 130 Å². The van der Waals surface area contributed by atoms with E-state index in [1.54, 1.807) is 0 Å². The van der Waals surface area contributed by atoms with Crippen LogP contribution in [0.5, 0.6) is 11.5 Å². The molecule has 1 aromatic heterocycles. The van der Waals surface area contributed by atoms with Crippen LogP contribution in [0.25, 0.3) is 0 Å². The highest BCUT2D eigenvalue weighted by atomic mass is 16.7. The van der Waals surface area contributed by atoms with Crippen LogP contribution >= 0.6 is 0 Å². The van der Waals surface area contributed by atoms with Gasteiger partial charge in [0.1, 0.15) is 5.76 Å². The normalized spacial score (nSPS) is 15.8. The largest absolute Gasteiger partial charge is 0.454 e. The SMILES string of the molecule is CC[C@H](N[C@H](C)c1ccc2c(c1)OCO2)c1c(C)noc1C. The first kappa shape index (κ1) is 14.9. The minimum atomic E-state index is 0.188. The van der Waals surface area contributed by atoms with Crippen molar-refractivity contribution < 1.29 is 14.0 Å². The third-order valence-corrected chi connectivity index (χ3v) is 4.19. The Morgan fingerprint density at radius 3 is 2.68 bits per heavy atom. The molecule has 22 heavy (non-hydrogen) atoms. The van der Waals surface area contributed by atoms with E-state index in [1.807, 2.05) is 26.0 Å². The van der Waals surface area contributed by atoms with Crippen molar-refractivity contribution >= 4 is 0 Å². The van der Waals surface area contributed by atoms with Gasteiger partial charge in [0, 0.05) is 17.6 Å². The molecular formula is C17H22N2O3. The summed E-state index contributed by atoms with van der Waals surface area (Å²) in [6, 6.07) is 6.48. The van der Waals surface area contributed by atoms with Crippen molar-refractivity contribution in [3.63, 3.8) is 0 Å². The highest BCUT2D eigenvalue weighted by Gasteiger charge is 2.22. The fourth-order valence-electron chi connectivity index (χ4n) is 2.97. The number of rotatable bonds is 5. The minimum absolute atomic E-state index is 0.188. The zero-order valence-corrected chi connectivity index (χ0v) is 13.5. The molecule has 0 fully saturated rings. The molecule has 1 N–H and O–H groups in total. The van der Waals surface area contributed by atoms with Crippen molar-refractivity contribution in [2.75, 3.05) is 6.79 Å². The molecule has 0 radical (unpaired) electrons. The van der Waals surface area contributed by atoms with E-state index in [0.717, 1.165) is 34.9 Å². The Morgan fingerprint density at radius 2 is 2.00 bits per heavy atom. The van der Waals surface area contributed by atoms with Gasteiger partial charge in [-0.25, -0.2) is 0 Å². The maximum absolute atomic E-state index is 5.46. The summed E-state index contributed by atoms with van der Waals surface area (Å²) in [6.07, 6.45) is 0.970. The molecule has 3 rings (SSSR count). The van der Waals surface area contributed by atoms with Crippen molar-refractivity contribution in [3.05, 3.63) is 40.8 Å². The fourth-order valence-corrected chi connectivity index (χ4v) is 2.97. The van der Waals surface area contributed by atoms with E-state index in [9.17, 15) is 0 Å². The predicted octanol–water partition coefficient (Wildman–Crippen LogP) is 3.82. The molecule has 1 aliphatic rings. The Hall–Kier alpha value is -2.01. The molecule has 5 nitrogen and oxygen atoms in total. The van der Waals surface area contributed by atoms with Crippen LogP contribution in [0.15, 0.2) is 22.7 Å². The summed E-state index contributed by atoms with van der Waals surface area (Å²) in [5.74, 6) is 2.51. The van der Waals surface area contributed by atoms with E-state index in [4.69, 9.17) is 14.0 Å². The molecule has 0 aliphatic carbocycles. The lowest BCUT2D eigenvalue weighted by atomic mass is 10.00. The maximum atomic E-state index is 5.46. The lowest BCUT2D eigenvalue weighted by Gasteiger charge is -2.23. The van der Waals surface area contributed by atoms with E-state index >= 15 is 0 Å². The van der Waals surface area contributed by atoms with Crippen molar-refractivity contribution in [2.24, 2.45) is 0 Å². The zero-order chi connectivity index (χ0) is 15.7. The van der Waals surface area contributed by atoms with E-state index in [0.29, 0.717) is 6.79 Å². The number of fused-ring (bicyclic) bond motifs is 1. The van der Waals surface area contributed by atoms with E-state index in [2.05, 4.69) is 30.4 Å². The van der Waals surface area contributed by atoms with E-state index in [-0.39, 0.29) is 12.1 Å². The lowest BCUT2D eigenvalue weighted by Crippen LogP contribution is -2.25. The van der Waals surface area contributed by atoms with E-state index < -0.39 is 0 Å². The number of ether oxygens (including phenoxy) is 2. The number of aromatic nitrogens is 1. The van der Waals surface area contributed by atoms with Gasteiger partial charge < -0.3 is 19.3 Å². The number of nitrogens with zero attached hydrogens (tertiary/aromatic N) is 1. The van der Waals surface area contributed by atoms with Crippen molar-refractivity contribution in [1.82, 2.24) is 10.5 Å². The fraction of sp³-hybridized carbons (Fsp3) is 0.471. The monoisotopic (exact) mass is 302 g/mol. The van der Waals surface area contributed by atoms with Crippen LogP contribution in [0.1, 0.15) is 54.9 Å². The zero-order valence-electron chi connectivity index (χ0n) is 13.5. The molecular weight excluding hydrogens is 280 g/mol. The quantitative estimate of drug-likeness (QED) is 0.910. The van der Waals surface area contributed by atoms with Crippen molar-refractivity contribution in [3.8, 4) is 11.5 Å². The van der Waals surface area contributed by atoms with Crippen LogP contribution in [-0.2, 0) is 0 Å². The van der Waals surface area contributed by atoms with Crippen LogP contribution in [0.3, 0.4) is 0 Å². The molecule has 0 unspecified atom stereocenters. The Kier molecular flexibility index (Phi) is 4.07. The van der Waals surface area contributed by atoms with Crippen LogP contribution in [0.4, 0.5) is 0 Å². The number of nitrogens with one attached hydrogen (secondary N) is 1. The number of aryl methyl sites for hydroxylation is 2. The first-order valence-corrected chi connectivity index (χ1v) is 7.68. The van der Waals surface area contributed by atoms with Crippen LogP contribution < -0.4 is 14.8 Å². The van der Waals surface area contributed by atoms with Gasteiger partial charge >= 0.3 is 0 Å². The molecule has 0 saturated carbocycles. The Morgan fingerprint density at radius 1 is 1.23 bits per heavy atom. The van der Waals surface area contributed by atoms with Gasteiger partial charge in [-0.15, -0.1) is 0 Å². The third kappa shape index (κ3) is 2.68. The summed E-state index contributed by atoms with van der Waals surface area (Å²) in [5.41, 5.74) is 3.29. The molecule has 1 aliphatic heterocycles. The Bertz CT molecular complexity index is 646. The van der Waals surface area contributed by atoms with Gasteiger partial charge in [-0.3, -0.25) is 0 Å². The lowest BCUT2D eigenvalue weighted by molar-refractivity contribution is 0.174. The van der Waals surface area contributed by atoms with Gasteiger partial charge in [0.2, 0.25) is 6.79 Å². The molecule has 118 valence electrons. The first-order valence-electron chi connectivity index (χ1n) is 7.68. The molecule has 0 bridgehead atoms. The Balaban J connectivity index is 1.79. The third-order valence-electron chi connectivity index (χ3n) is 4.19.